The highest BCUT2D eigenvalue weighted by Gasteiger charge is 2.68. The molecule has 0 unspecified atom stereocenters. The normalized spacial score (nSPS) is 19.2. The molecule has 0 spiro atoms. The molecule has 2 aromatic rings. The summed E-state index contributed by atoms with van der Waals surface area (Å²) in [5.74, 6) is -2.85. The molecular weight excluding hydrogens is 411 g/mol. The number of hydrogen-bond acceptors (Lipinski definition) is 3. The molecule has 0 aromatic heterocycles. The van der Waals surface area contributed by atoms with Gasteiger partial charge in [-0.1, -0.05) is 54.1 Å². The van der Waals surface area contributed by atoms with Crippen LogP contribution in [-0.4, -0.2) is 41.1 Å². The quantitative estimate of drug-likeness (QED) is 0.722. The standard InChI is InChI=1S/C19H15ClF3N3O3/c20-14-9-5-4-8-13(14)15(27)24-18(19(21,22)23)16(28)26(17(29)25-18)11-10-12-6-2-1-3-7-12/h1-9H,10-11H2,(H,24,27)(H,25,29)/t18-/m0/s1. The lowest BCUT2D eigenvalue weighted by atomic mass is 10.1. The van der Waals surface area contributed by atoms with Crippen molar-refractivity contribution in [1.29, 1.82) is 0 Å². The first-order valence-corrected chi connectivity index (χ1v) is 8.85. The molecule has 3 rings (SSSR count). The van der Waals surface area contributed by atoms with Crippen LogP contribution in [0.2, 0.25) is 5.02 Å². The van der Waals surface area contributed by atoms with Gasteiger partial charge in [-0.3, -0.25) is 19.8 Å². The number of nitrogens with one attached hydrogen (secondary N) is 2. The van der Waals surface area contributed by atoms with Gasteiger partial charge in [0.15, 0.2) is 0 Å². The van der Waals surface area contributed by atoms with Crippen LogP contribution >= 0.6 is 11.6 Å². The largest absolute Gasteiger partial charge is 0.440 e. The second kappa shape index (κ2) is 7.75. The Bertz CT molecular complexity index is 952. The Hall–Kier alpha value is -3.07. The average Bonchev–Trinajstić information content (AvgIpc) is 2.91. The van der Waals surface area contributed by atoms with Gasteiger partial charge in [0.2, 0.25) is 0 Å². The summed E-state index contributed by atoms with van der Waals surface area (Å²) in [4.78, 5) is 37.6. The predicted molar refractivity (Wildman–Crippen MR) is 98.1 cm³/mol. The van der Waals surface area contributed by atoms with Gasteiger partial charge in [0, 0.05) is 6.54 Å². The molecule has 0 radical (unpaired) electrons. The van der Waals surface area contributed by atoms with Crippen LogP contribution in [0, 0.1) is 0 Å². The van der Waals surface area contributed by atoms with Gasteiger partial charge in [0.1, 0.15) is 0 Å². The van der Waals surface area contributed by atoms with Gasteiger partial charge in [0.05, 0.1) is 10.6 Å². The summed E-state index contributed by atoms with van der Waals surface area (Å²) in [6.45, 7) is -0.283. The fourth-order valence-corrected chi connectivity index (χ4v) is 3.12. The number of rotatable bonds is 5. The Balaban J connectivity index is 1.86. The van der Waals surface area contributed by atoms with Crippen molar-refractivity contribution in [1.82, 2.24) is 15.5 Å². The van der Waals surface area contributed by atoms with Crippen LogP contribution in [0.15, 0.2) is 54.6 Å². The monoisotopic (exact) mass is 425 g/mol. The van der Waals surface area contributed by atoms with Gasteiger partial charge in [-0.2, -0.15) is 13.2 Å². The summed E-state index contributed by atoms with van der Waals surface area (Å²) in [5, 5.41) is 3.13. The van der Waals surface area contributed by atoms with E-state index in [9.17, 15) is 27.6 Å². The number of imide groups is 1. The molecule has 29 heavy (non-hydrogen) atoms. The molecule has 0 saturated carbocycles. The maximum absolute atomic E-state index is 13.8. The van der Waals surface area contributed by atoms with Crippen molar-refractivity contribution in [3.63, 3.8) is 0 Å². The minimum atomic E-state index is -5.28. The first-order chi connectivity index (χ1) is 13.7. The summed E-state index contributed by atoms with van der Waals surface area (Å²) in [7, 11) is 0. The Morgan fingerprint density at radius 1 is 1.07 bits per heavy atom. The first kappa shape index (κ1) is 20.7. The third-order valence-electron chi connectivity index (χ3n) is 4.42. The van der Waals surface area contributed by atoms with Crippen LogP contribution in [0.25, 0.3) is 0 Å². The molecule has 4 amide bonds. The maximum atomic E-state index is 13.8. The summed E-state index contributed by atoms with van der Waals surface area (Å²) >= 11 is 5.85. The number of carbonyl (C=O) groups excluding carboxylic acids is 3. The highest BCUT2D eigenvalue weighted by Crippen LogP contribution is 2.34. The second-order valence-corrected chi connectivity index (χ2v) is 6.71. The Morgan fingerprint density at radius 2 is 1.69 bits per heavy atom. The van der Waals surface area contributed by atoms with Gasteiger partial charge in [-0.05, 0) is 24.1 Å². The van der Waals surface area contributed by atoms with Crippen LogP contribution in [-0.2, 0) is 11.2 Å². The van der Waals surface area contributed by atoms with E-state index in [1.165, 1.54) is 24.3 Å². The van der Waals surface area contributed by atoms with Gasteiger partial charge in [-0.25, -0.2) is 4.79 Å². The van der Waals surface area contributed by atoms with Crippen molar-refractivity contribution in [2.75, 3.05) is 6.54 Å². The number of benzene rings is 2. The highest BCUT2D eigenvalue weighted by atomic mass is 35.5. The molecule has 2 N–H and O–H groups in total. The smallest absolute Gasteiger partial charge is 0.314 e. The number of carbonyl (C=O) groups is 3. The second-order valence-electron chi connectivity index (χ2n) is 6.30. The van der Waals surface area contributed by atoms with E-state index >= 15 is 0 Å². The Kier molecular flexibility index (Phi) is 5.52. The fourth-order valence-electron chi connectivity index (χ4n) is 2.90. The molecule has 6 nitrogen and oxygen atoms in total. The third-order valence-corrected chi connectivity index (χ3v) is 4.75. The van der Waals surface area contributed by atoms with Crippen molar-refractivity contribution in [2.45, 2.75) is 18.3 Å². The minimum absolute atomic E-state index is 0.0972. The number of nitrogens with zero attached hydrogens (tertiary/aromatic N) is 1. The molecule has 1 heterocycles. The van der Waals surface area contributed by atoms with E-state index < -0.39 is 29.7 Å². The molecule has 1 saturated heterocycles. The van der Waals surface area contributed by atoms with E-state index in [0.717, 1.165) is 5.56 Å². The first-order valence-electron chi connectivity index (χ1n) is 8.47. The predicted octanol–water partition coefficient (Wildman–Crippen LogP) is 3.12. The lowest BCUT2D eigenvalue weighted by Crippen LogP contribution is -2.69. The van der Waals surface area contributed by atoms with Crippen molar-refractivity contribution < 1.29 is 27.6 Å². The van der Waals surface area contributed by atoms with E-state index in [2.05, 4.69) is 0 Å². The van der Waals surface area contributed by atoms with Crippen molar-refractivity contribution in [2.24, 2.45) is 0 Å². The molecule has 0 aliphatic carbocycles. The van der Waals surface area contributed by atoms with Crippen LogP contribution in [0.5, 0.6) is 0 Å². The van der Waals surface area contributed by atoms with E-state index in [0.29, 0.717) is 4.90 Å². The molecule has 1 atom stereocenters. The van der Waals surface area contributed by atoms with E-state index in [4.69, 9.17) is 11.6 Å². The van der Waals surface area contributed by atoms with Gasteiger partial charge < -0.3 is 5.32 Å². The zero-order chi connectivity index (χ0) is 21.2. The van der Waals surface area contributed by atoms with Gasteiger partial charge >= 0.3 is 12.2 Å². The van der Waals surface area contributed by atoms with Crippen molar-refractivity contribution >= 4 is 29.4 Å². The molecular formula is C19H15ClF3N3O3. The summed E-state index contributed by atoms with van der Waals surface area (Å²) in [5.41, 5.74) is -3.10. The van der Waals surface area contributed by atoms with Crippen LogP contribution in [0.4, 0.5) is 18.0 Å². The molecule has 1 aliphatic heterocycles. The number of halogens is 4. The summed E-state index contributed by atoms with van der Waals surface area (Å²) < 4.78 is 41.5. The zero-order valence-electron chi connectivity index (χ0n) is 14.8. The summed E-state index contributed by atoms with van der Waals surface area (Å²) in [6, 6.07) is 12.8. The number of urea groups is 1. The van der Waals surface area contributed by atoms with E-state index in [-0.39, 0.29) is 23.6 Å². The zero-order valence-corrected chi connectivity index (χ0v) is 15.6. The molecule has 2 aromatic carbocycles. The maximum Gasteiger partial charge on any atom is 0.440 e. The van der Waals surface area contributed by atoms with Crippen LogP contribution < -0.4 is 10.6 Å². The number of alkyl halides is 3. The van der Waals surface area contributed by atoms with Gasteiger partial charge in [-0.15, -0.1) is 0 Å². The Morgan fingerprint density at radius 3 is 2.31 bits per heavy atom. The lowest BCUT2D eigenvalue weighted by molar-refractivity contribution is -0.200. The number of hydrogen-bond donors (Lipinski definition) is 2. The lowest BCUT2D eigenvalue weighted by Gasteiger charge is -2.30. The van der Waals surface area contributed by atoms with E-state index in [1.807, 2.05) is 0 Å². The molecule has 10 heteroatoms. The molecule has 152 valence electrons. The fraction of sp³-hybridized carbons (Fsp3) is 0.211. The average molecular weight is 426 g/mol. The summed E-state index contributed by atoms with van der Waals surface area (Å²) in [6.07, 6.45) is -5.12. The third kappa shape index (κ3) is 3.91. The van der Waals surface area contributed by atoms with Crippen LogP contribution in [0.3, 0.4) is 0 Å². The number of amides is 4. The van der Waals surface area contributed by atoms with Crippen molar-refractivity contribution in [3.05, 3.63) is 70.7 Å². The molecule has 0 bridgehead atoms. The van der Waals surface area contributed by atoms with Crippen molar-refractivity contribution in [3.8, 4) is 0 Å². The highest BCUT2D eigenvalue weighted by molar-refractivity contribution is 6.34. The Labute approximate surface area is 168 Å². The van der Waals surface area contributed by atoms with Gasteiger partial charge in [0.25, 0.3) is 17.5 Å². The molecule has 1 fully saturated rings. The SMILES string of the molecule is O=C(N[C@]1(C(F)(F)F)NC(=O)N(CCc2ccccc2)C1=O)c1ccccc1Cl. The minimum Gasteiger partial charge on any atom is -0.314 e. The molecule has 1 aliphatic rings. The topological polar surface area (TPSA) is 78.5 Å². The van der Waals surface area contributed by atoms with E-state index in [1.54, 1.807) is 41.0 Å². The van der Waals surface area contributed by atoms with Crippen LogP contribution in [0.1, 0.15) is 15.9 Å².